The number of nitrogens with zero attached hydrogens (tertiary/aromatic N) is 2. The summed E-state index contributed by atoms with van der Waals surface area (Å²) in [7, 11) is 2.14. The third-order valence-electron chi connectivity index (χ3n) is 2.09. The molecule has 0 bridgehead atoms. The van der Waals surface area contributed by atoms with E-state index in [2.05, 4.69) is 30.8 Å². The number of likely N-dealkylation sites (tertiary alicyclic amines) is 1. The molecular formula is C10H20N2O. The van der Waals surface area contributed by atoms with Crippen molar-refractivity contribution in [2.24, 2.45) is 10.9 Å². The summed E-state index contributed by atoms with van der Waals surface area (Å²) in [5.74, 6) is 0.748. The van der Waals surface area contributed by atoms with Gasteiger partial charge in [0.2, 0.25) is 0 Å². The van der Waals surface area contributed by atoms with Crippen molar-refractivity contribution in [1.29, 1.82) is 0 Å². The van der Waals surface area contributed by atoms with E-state index in [1.54, 1.807) is 0 Å². The second kappa shape index (κ2) is 5.35. The Morgan fingerprint density at radius 2 is 2.23 bits per heavy atom. The average molecular weight is 184 g/mol. The van der Waals surface area contributed by atoms with Gasteiger partial charge in [-0.1, -0.05) is 0 Å². The van der Waals surface area contributed by atoms with Crippen LogP contribution >= 0.6 is 0 Å². The normalized spacial score (nSPS) is 20.0. The summed E-state index contributed by atoms with van der Waals surface area (Å²) in [5.41, 5.74) is 0. The number of ether oxygens (including phenoxy) is 1. The first-order valence-electron chi connectivity index (χ1n) is 4.96. The summed E-state index contributed by atoms with van der Waals surface area (Å²) >= 11 is 0. The summed E-state index contributed by atoms with van der Waals surface area (Å²) < 4.78 is 5.46. The number of hydrogen-bond acceptors (Lipinski definition) is 3. The van der Waals surface area contributed by atoms with Crippen molar-refractivity contribution in [1.82, 2.24) is 4.90 Å². The van der Waals surface area contributed by atoms with Gasteiger partial charge in [0.15, 0.2) is 0 Å². The molecule has 0 spiro atoms. The molecule has 1 rings (SSSR count). The van der Waals surface area contributed by atoms with E-state index in [-0.39, 0.29) is 0 Å². The van der Waals surface area contributed by atoms with Crippen LogP contribution in [0.4, 0.5) is 0 Å². The zero-order chi connectivity index (χ0) is 9.68. The van der Waals surface area contributed by atoms with Crippen LogP contribution in [0.3, 0.4) is 0 Å². The van der Waals surface area contributed by atoms with Crippen molar-refractivity contribution in [3.63, 3.8) is 0 Å². The zero-order valence-corrected chi connectivity index (χ0v) is 8.86. The van der Waals surface area contributed by atoms with E-state index < -0.39 is 0 Å². The van der Waals surface area contributed by atoms with Crippen molar-refractivity contribution < 1.29 is 4.74 Å². The van der Waals surface area contributed by atoms with Gasteiger partial charge in [0.1, 0.15) is 0 Å². The Hall–Kier alpha value is -0.410. The summed E-state index contributed by atoms with van der Waals surface area (Å²) in [6, 6.07) is 0.387. The number of hydrogen-bond donors (Lipinski definition) is 0. The van der Waals surface area contributed by atoms with E-state index in [0.29, 0.717) is 12.6 Å². The van der Waals surface area contributed by atoms with E-state index >= 15 is 0 Å². The van der Waals surface area contributed by atoms with E-state index in [9.17, 15) is 0 Å². The lowest BCUT2D eigenvalue weighted by Gasteiger charge is -2.35. The zero-order valence-electron chi connectivity index (χ0n) is 8.86. The first-order valence-corrected chi connectivity index (χ1v) is 4.96. The van der Waals surface area contributed by atoms with Crippen LogP contribution in [0, 0.1) is 5.92 Å². The van der Waals surface area contributed by atoms with Crippen LogP contribution in [0.15, 0.2) is 4.99 Å². The van der Waals surface area contributed by atoms with Gasteiger partial charge in [-0.25, -0.2) is 0 Å². The lowest BCUT2D eigenvalue weighted by atomic mass is 10.0. The number of aliphatic imine (C=N–C) groups is 1. The molecule has 0 amide bonds. The Balaban J connectivity index is 1.90. The van der Waals surface area contributed by atoms with Gasteiger partial charge < -0.3 is 9.64 Å². The molecule has 1 aliphatic heterocycles. The first kappa shape index (κ1) is 10.7. The van der Waals surface area contributed by atoms with Gasteiger partial charge in [-0.05, 0) is 20.9 Å². The Kier molecular flexibility index (Phi) is 4.39. The Morgan fingerprint density at radius 1 is 1.54 bits per heavy atom. The number of rotatable bonds is 5. The third-order valence-corrected chi connectivity index (χ3v) is 2.09. The van der Waals surface area contributed by atoms with Gasteiger partial charge in [-0.2, -0.15) is 0 Å². The minimum Gasteiger partial charge on any atom is -0.375 e. The van der Waals surface area contributed by atoms with E-state index in [1.807, 2.05) is 6.21 Å². The van der Waals surface area contributed by atoms with E-state index in [4.69, 9.17) is 4.74 Å². The molecule has 0 aromatic carbocycles. The lowest BCUT2D eigenvalue weighted by molar-refractivity contribution is 0.0429. The maximum absolute atomic E-state index is 5.46. The molecule has 3 nitrogen and oxygen atoms in total. The lowest BCUT2D eigenvalue weighted by Crippen LogP contribution is -2.45. The van der Waals surface area contributed by atoms with Crippen LogP contribution in [0.25, 0.3) is 0 Å². The van der Waals surface area contributed by atoms with Crippen molar-refractivity contribution >= 4 is 6.21 Å². The smallest absolute Gasteiger partial charge is 0.0814 e. The van der Waals surface area contributed by atoms with Crippen LogP contribution in [0.5, 0.6) is 0 Å². The molecule has 1 heterocycles. The summed E-state index contributed by atoms with van der Waals surface area (Å²) in [6.45, 7) is 8.05. The molecule has 13 heavy (non-hydrogen) atoms. The minimum absolute atomic E-state index is 0.387. The fourth-order valence-electron chi connectivity index (χ4n) is 1.47. The highest BCUT2D eigenvalue weighted by molar-refractivity contribution is 5.58. The van der Waals surface area contributed by atoms with Gasteiger partial charge in [0.25, 0.3) is 0 Å². The van der Waals surface area contributed by atoms with Gasteiger partial charge in [-0.15, -0.1) is 0 Å². The maximum atomic E-state index is 5.46. The highest BCUT2D eigenvalue weighted by Crippen LogP contribution is 2.12. The average Bonchev–Trinajstić information content (AvgIpc) is 1.99. The molecule has 1 saturated heterocycles. The van der Waals surface area contributed by atoms with Crippen molar-refractivity contribution in [3.05, 3.63) is 0 Å². The molecule has 0 atom stereocenters. The summed E-state index contributed by atoms with van der Waals surface area (Å²) in [6.07, 6.45) is 1.87. The molecule has 0 aromatic heterocycles. The highest BCUT2D eigenvalue weighted by Gasteiger charge is 2.22. The maximum Gasteiger partial charge on any atom is 0.0814 e. The summed E-state index contributed by atoms with van der Waals surface area (Å²) in [4.78, 5) is 6.52. The fraction of sp³-hybridized carbons (Fsp3) is 0.900. The molecule has 1 fully saturated rings. The highest BCUT2D eigenvalue weighted by atomic mass is 16.5. The van der Waals surface area contributed by atoms with Crippen LogP contribution in [0.2, 0.25) is 0 Å². The first-order chi connectivity index (χ1) is 6.18. The topological polar surface area (TPSA) is 24.8 Å². The fourth-order valence-corrected chi connectivity index (χ4v) is 1.47. The molecule has 0 aliphatic carbocycles. The van der Waals surface area contributed by atoms with Crippen LogP contribution in [-0.2, 0) is 4.74 Å². The third kappa shape index (κ3) is 4.39. The Morgan fingerprint density at radius 3 is 2.77 bits per heavy atom. The predicted molar refractivity (Wildman–Crippen MR) is 55.4 cm³/mol. The largest absolute Gasteiger partial charge is 0.375 e. The molecule has 1 aliphatic rings. The van der Waals surface area contributed by atoms with E-state index in [0.717, 1.165) is 12.5 Å². The molecular weight excluding hydrogens is 164 g/mol. The van der Waals surface area contributed by atoms with Crippen LogP contribution < -0.4 is 0 Å². The SMILES string of the molecule is CC(C)/N=C\COCC1CN(C)C1. The molecule has 0 aromatic rings. The molecule has 0 radical (unpaired) electrons. The Labute approximate surface area is 80.8 Å². The van der Waals surface area contributed by atoms with Gasteiger partial charge in [0.05, 0.1) is 13.2 Å². The second-order valence-electron chi connectivity index (χ2n) is 4.05. The van der Waals surface area contributed by atoms with Crippen molar-refractivity contribution in [2.45, 2.75) is 19.9 Å². The Bertz CT molecular complexity index is 162. The van der Waals surface area contributed by atoms with Gasteiger partial charge >= 0.3 is 0 Å². The molecule has 0 N–H and O–H groups in total. The molecule has 0 unspecified atom stereocenters. The van der Waals surface area contributed by atoms with Crippen molar-refractivity contribution in [2.75, 3.05) is 33.4 Å². The quantitative estimate of drug-likeness (QED) is 0.471. The predicted octanol–water partition coefficient (Wildman–Crippen LogP) is 1.04. The monoisotopic (exact) mass is 184 g/mol. The van der Waals surface area contributed by atoms with Crippen LogP contribution in [-0.4, -0.2) is 50.5 Å². The second-order valence-corrected chi connectivity index (χ2v) is 4.05. The van der Waals surface area contributed by atoms with Gasteiger partial charge in [0, 0.05) is 31.3 Å². The van der Waals surface area contributed by atoms with Crippen molar-refractivity contribution in [3.8, 4) is 0 Å². The van der Waals surface area contributed by atoms with Gasteiger partial charge in [-0.3, -0.25) is 4.99 Å². The van der Waals surface area contributed by atoms with E-state index in [1.165, 1.54) is 13.1 Å². The molecule has 76 valence electrons. The summed E-state index contributed by atoms with van der Waals surface area (Å²) in [5, 5.41) is 0. The standard InChI is InChI=1S/C10H20N2O/c1-9(2)11-4-5-13-8-10-6-12(3)7-10/h4,9-10H,5-8H2,1-3H3/b11-4-. The van der Waals surface area contributed by atoms with Crippen LogP contribution in [0.1, 0.15) is 13.8 Å². The molecule has 0 saturated carbocycles. The molecule has 3 heteroatoms. The minimum atomic E-state index is 0.387.